The van der Waals surface area contributed by atoms with Gasteiger partial charge in [0, 0.05) is 24.3 Å². The van der Waals surface area contributed by atoms with Crippen molar-refractivity contribution in [3.05, 3.63) is 23.5 Å². The minimum atomic E-state index is -3.07. The van der Waals surface area contributed by atoms with Gasteiger partial charge in [-0.25, -0.2) is 13.8 Å². The van der Waals surface area contributed by atoms with Crippen LogP contribution in [0.3, 0.4) is 0 Å². The fourth-order valence-corrected chi connectivity index (χ4v) is 2.01. The molecule has 0 aromatic carbocycles. The number of imidazole rings is 1. The number of fused-ring (bicyclic) bond motifs is 1. The number of aliphatic hydroxyl groups is 1. The van der Waals surface area contributed by atoms with Crippen LogP contribution in [0.25, 0.3) is 4.96 Å². The van der Waals surface area contributed by atoms with Gasteiger partial charge in [-0.05, 0) is 0 Å². The number of hydrogen-bond donors (Lipinski definition) is 2. The molecule has 0 atom stereocenters. The lowest BCUT2D eigenvalue weighted by Gasteiger charge is -2.12. The van der Waals surface area contributed by atoms with E-state index in [1.807, 2.05) is 16.0 Å². The van der Waals surface area contributed by atoms with Crippen LogP contribution in [0.4, 0.5) is 8.78 Å². The average molecular weight is 247 g/mol. The lowest BCUT2D eigenvalue weighted by Crippen LogP contribution is -2.35. The van der Waals surface area contributed by atoms with Crippen molar-refractivity contribution in [2.75, 3.05) is 13.2 Å². The summed E-state index contributed by atoms with van der Waals surface area (Å²) < 4.78 is 27.2. The van der Waals surface area contributed by atoms with Gasteiger partial charge in [0.15, 0.2) is 4.96 Å². The molecule has 2 rings (SSSR count). The molecule has 0 aliphatic carbocycles. The predicted molar refractivity (Wildman–Crippen MR) is 56.8 cm³/mol. The average Bonchev–Trinajstić information content (AvgIpc) is 2.77. The second kappa shape index (κ2) is 4.44. The summed E-state index contributed by atoms with van der Waals surface area (Å²) in [6.45, 7) is -1.42. The fourth-order valence-electron chi connectivity index (χ4n) is 1.29. The Morgan fingerprint density at radius 2 is 2.38 bits per heavy atom. The molecule has 2 aromatic rings. The maximum Gasteiger partial charge on any atom is 0.282 e. The Kier molecular flexibility index (Phi) is 3.17. The van der Waals surface area contributed by atoms with Gasteiger partial charge in [0.05, 0.1) is 12.2 Å². The van der Waals surface area contributed by atoms with Crippen molar-refractivity contribution in [2.45, 2.75) is 12.5 Å². The molecule has 0 saturated carbocycles. The van der Waals surface area contributed by atoms with E-state index in [9.17, 15) is 8.78 Å². The monoisotopic (exact) mass is 247 g/mol. The van der Waals surface area contributed by atoms with Crippen molar-refractivity contribution >= 4 is 16.3 Å². The highest BCUT2D eigenvalue weighted by Crippen LogP contribution is 2.12. The SMILES string of the molecule is OCC(F)(F)CNCc1cn2ccsc2n1. The Labute approximate surface area is 94.5 Å². The van der Waals surface area contributed by atoms with Crippen LogP contribution in [0.15, 0.2) is 17.8 Å². The molecule has 2 heterocycles. The summed E-state index contributed by atoms with van der Waals surface area (Å²) >= 11 is 1.49. The molecule has 0 aliphatic heterocycles. The Morgan fingerprint density at radius 1 is 1.56 bits per heavy atom. The molecule has 0 radical (unpaired) electrons. The minimum absolute atomic E-state index is 0.268. The van der Waals surface area contributed by atoms with Gasteiger partial charge in [0.1, 0.15) is 6.61 Å². The third kappa shape index (κ3) is 2.55. The molecular formula is C9H11F2N3OS. The van der Waals surface area contributed by atoms with Gasteiger partial charge < -0.3 is 10.4 Å². The zero-order valence-corrected chi connectivity index (χ0v) is 9.18. The molecule has 0 spiro atoms. The summed E-state index contributed by atoms with van der Waals surface area (Å²) in [5, 5.41) is 12.8. The first kappa shape index (κ1) is 11.4. The second-order valence-corrected chi connectivity index (χ2v) is 4.32. The number of halogens is 2. The van der Waals surface area contributed by atoms with Gasteiger partial charge in [0.2, 0.25) is 0 Å². The molecule has 4 nitrogen and oxygen atoms in total. The second-order valence-electron chi connectivity index (χ2n) is 3.44. The highest BCUT2D eigenvalue weighted by molar-refractivity contribution is 7.15. The van der Waals surface area contributed by atoms with E-state index in [4.69, 9.17) is 5.11 Å². The van der Waals surface area contributed by atoms with Crippen molar-refractivity contribution in [3.63, 3.8) is 0 Å². The third-order valence-electron chi connectivity index (χ3n) is 2.06. The van der Waals surface area contributed by atoms with E-state index in [1.165, 1.54) is 11.3 Å². The summed E-state index contributed by atoms with van der Waals surface area (Å²) in [7, 11) is 0. The molecule has 0 bridgehead atoms. The van der Waals surface area contributed by atoms with Gasteiger partial charge in [-0.1, -0.05) is 0 Å². The summed E-state index contributed by atoms with van der Waals surface area (Å²) in [5.41, 5.74) is 0.709. The number of nitrogens with one attached hydrogen (secondary N) is 1. The van der Waals surface area contributed by atoms with Crippen molar-refractivity contribution in [2.24, 2.45) is 0 Å². The van der Waals surface area contributed by atoms with Crippen molar-refractivity contribution in [1.82, 2.24) is 14.7 Å². The molecule has 88 valence electrons. The van der Waals surface area contributed by atoms with Gasteiger partial charge in [-0.2, -0.15) is 0 Å². The normalized spacial score (nSPS) is 12.4. The first-order chi connectivity index (χ1) is 7.61. The number of hydrogen-bond acceptors (Lipinski definition) is 4. The molecule has 16 heavy (non-hydrogen) atoms. The van der Waals surface area contributed by atoms with Crippen LogP contribution < -0.4 is 5.32 Å². The van der Waals surface area contributed by atoms with E-state index in [-0.39, 0.29) is 6.54 Å². The Morgan fingerprint density at radius 3 is 3.06 bits per heavy atom. The molecule has 0 unspecified atom stereocenters. The Balaban J connectivity index is 1.89. The van der Waals surface area contributed by atoms with E-state index < -0.39 is 19.1 Å². The molecule has 7 heteroatoms. The zero-order valence-electron chi connectivity index (χ0n) is 8.36. The Hall–Kier alpha value is -1.05. The van der Waals surface area contributed by atoms with Crippen molar-refractivity contribution < 1.29 is 13.9 Å². The molecule has 0 saturated heterocycles. The third-order valence-corrected chi connectivity index (χ3v) is 2.83. The van der Waals surface area contributed by atoms with Gasteiger partial charge in [0.25, 0.3) is 5.92 Å². The highest BCUT2D eigenvalue weighted by atomic mass is 32.1. The van der Waals surface area contributed by atoms with Crippen LogP contribution in [0.2, 0.25) is 0 Å². The van der Waals surface area contributed by atoms with Gasteiger partial charge in [-0.3, -0.25) is 4.40 Å². The lowest BCUT2D eigenvalue weighted by atomic mass is 10.3. The summed E-state index contributed by atoms with van der Waals surface area (Å²) in [6.07, 6.45) is 3.65. The summed E-state index contributed by atoms with van der Waals surface area (Å²) in [4.78, 5) is 5.07. The predicted octanol–water partition coefficient (Wildman–Crippen LogP) is 1.11. The van der Waals surface area contributed by atoms with E-state index in [1.54, 1.807) is 6.20 Å². The molecule has 0 aliphatic rings. The standard InChI is InChI=1S/C9H11F2N3OS/c10-9(11,6-15)5-12-3-7-4-14-1-2-16-8(14)13-7/h1-2,4,12,15H,3,5-6H2. The highest BCUT2D eigenvalue weighted by Gasteiger charge is 2.26. The molecule has 0 amide bonds. The number of alkyl halides is 2. The summed E-state index contributed by atoms with van der Waals surface area (Å²) in [6, 6.07) is 0. The van der Waals surface area contributed by atoms with Gasteiger partial charge >= 0.3 is 0 Å². The number of thiazole rings is 1. The quantitative estimate of drug-likeness (QED) is 0.832. The number of aromatic nitrogens is 2. The number of aliphatic hydroxyl groups excluding tert-OH is 1. The van der Waals surface area contributed by atoms with E-state index in [0.29, 0.717) is 5.69 Å². The minimum Gasteiger partial charge on any atom is -0.390 e. The largest absolute Gasteiger partial charge is 0.390 e. The Bertz CT molecular complexity index is 439. The smallest absolute Gasteiger partial charge is 0.282 e. The summed E-state index contributed by atoms with van der Waals surface area (Å²) in [5.74, 6) is -3.07. The van der Waals surface area contributed by atoms with Crippen LogP contribution in [0, 0.1) is 0 Å². The number of nitrogens with zero attached hydrogens (tertiary/aromatic N) is 2. The lowest BCUT2D eigenvalue weighted by molar-refractivity contribution is -0.0478. The van der Waals surface area contributed by atoms with E-state index in [2.05, 4.69) is 10.3 Å². The van der Waals surface area contributed by atoms with E-state index in [0.717, 1.165) is 4.96 Å². The zero-order chi connectivity index (χ0) is 11.6. The number of rotatable bonds is 5. The van der Waals surface area contributed by atoms with Crippen molar-refractivity contribution in [3.8, 4) is 0 Å². The first-order valence-corrected chi connectivity index (χ1v) is 5.59. The first-order valence-electron chi connectivity index (χ1n) is 4.71. The van der Waals surface area contributed by atoms with Crippen LogP contribution in [-0.4, -0.2) is 33.6 Å². The topological polar surface area (TPSA) is 49.6 Å². The van der Waals surface area contributed by atoms with E-state index >= 15 is 0 Å². The molecule has 0 fully saturated rings. The maximum absolute atomic E-state index is 12.7. The fraction of sp³-hybridized carbons (Fsp3) is 0.444. The van der Waals surface area contributed by atoms with Crippen LogP contribution >= 0.6 is 11.3 Å². The van der Waals surface area contributed by atoms with Crippen LogP contribution in [0.1, 0.15) is 5.69 Å². The molecule has 2 N–H and O–H groups in total. The molecule has 2 aromatic heterocycles. The van der Waals surface area contributed by atoms with Crippen LogP contribution in [0.5, 0.6) is 0 Å². The molecular weight excluding hydrogens is 236 g/mol. The van der Waals surface area contributed by atoms with Crippen molar-refractivity contribution in [1.29, 1.82) is 0 Å². The maximum atomic E-state index is 12.7. The van der Waals surface area contributed by atoms with Gasteiger partial charge in [-0.15, -0.1) is 11.3 Å². The van der Waals surface area contributed by atoms with Crippen LogP contribution in [-0.2, 0) is 6.54 Å².